The van der Waals surface area contributed by atoms with Gasteiger partial charge in [-0.15, -0.1) is 0 Å². The number of rotatable bonds is 4. The zero-order valence-electron chi connectivity index (χ0n) is 9.45. The van der Waals surface area contributed by atoms with Crippen molar-refractivity contribution in [1.29, 1.82) is 0 Å². The molecule has 0 saturated carbocycles. The van der Waals surface area contributed by atoms with Crippen molar-refractivity contribution >= 4 is 11.6 Å². The van der Waals surface area contributed by atoms with Gasteiger partial charge < -0.3 is 11.1 Å². The van der Waals surface area contributed by atoms with Gasteiger partial charge in [0.05, 0.1) is 17.4 Å². The summed E-state index contributed by atoms with van der Waals surface area (Å²) in [5, 5.41) is 6.72. The van der Waals surface area contributed by atoms with Crippen LogP contribution in [0.25, 0.3) is 0 Å². The summed E-state index contributed by atoms with van der Waals surface area (Å²) in [5.74, 6) is -0.152. The van der Waals surface area contributed by atoms with Crippen molar-refractivity contribution in [3.63, 3.8) is 0 Å². The Hall–Kier alpha value is -1.36. The molecule has 0 saturated heterocycles. The van der Waals surface area contributed by atoms with Gasteiger partial charge in [-0.25, -0.2) is 0 Å². The van der Waals surface area contributed by atoms with E-state index in [0.29, 0.717) is 18.5 Å². The molecule has 0 unspecified atom stereocenters. The summed E-state index contributed by atoms with van der Waals surface area (Å²) < 4.78 is 1.63. The second-order valence-electron chi connectivity index (χ2n) is 3.72. The van der Waals surface area contributed by atoms with Crippen LogP contribution in [0.5, 0.6) is 0 Å². The molecule has 1 aromatic heterocycles. The first-order valence-electron chi connectivity index (χ1n) is 5.11. The third-order valence-corrected chi connectivity index (χ3v) is 2.68. The van der Waals surface area contributed by atoms with Crippen LogP contribution >= 0.6 is 0 Å². The van der Waals surface area contributed by atoms with Gasteiger partial charge in [0.2, 0.25) is 5.91 Å². The van der Waals surface area contributed by atoms with Gasteiger partial charge in [-0.2, -0.15) is 5.10 Å². The number of nitrogens with one attached hydrogen (secondary N) is 1. The Labute approximate surface area is 89.6 Å². The average Bonchev–Trinajstić information content (AvgIpc) is 2.62. The first-order chi connectivity index (χ1) is 7.01. The Morgan fingerprint density at radius 3 is 2.60 bits per heavy atom. The molecule has 1 heterocycles. The minimum absolute atomic E-state index is 0.152. The maximum Gasteiger partial charge on any atom is 0.244 e. The van der Waals surface area contributed by atoms with Crippen LogP contribution in [0.3, 0.4) is 0 Å². The number of hydrogen-bond donors (Lipinski definition) is 2. The van der Waals surface area contributed by atoms with Crippen LogP contribution in [-0.2, 0) is 11.8 Å². The van der Waals surface area contributed by atoms with E-state index in [9.17, 15) is 4.79 Å². The molecule has 0 fully saturated rings. The monoisotopic (exact) mass is 210 g/mol. The molecular formula is C10H18N4O. The minimum Gasteiger partial charge on any atom is -0.322 e. The Bertz CT molecular complexity index is 341. The van der Waals surface area contributed by atoms with E-state index in [-0.39, 0.29) is 5.91 Å². The fourth-order valence-corrected chi connectivity index (χ4v) is 1.31. The average molecular weight is 210 g/mol. The zero-order chi connectivity index (χ0) is 11.5. The van der Waals surface area contributed by atoms with Gasteiger partial charge >= 0.3 is 0 Å². The molecule has 15 heavy (non-hydrogen) atoms. The van der Waals surface area contributed by atoms with Crippen molar-refractivity contribution in [3.05, 3.63) is 12.4 Å². The number of anilines is 1. The van der Waals surface area contributed by atoms with Crippen molar-refractivity contribution in [2.75, 3.05) is 5.32 Å². The van der Waals surface area contributed by atoms with Crippen molar-refractivity contribution in [1.82, 2.24) is 9.78 Å². The summed E-state index contributed by atoms with van der Waals surface area (Å²) in [6, 6.07) is 0. The molecule has 1 aromatic rings. The molecule has 1 rings (SSSR count). The molecule has 1 amide bonds. The largest absolute Gasteiger partial charge is 0.322 e. The molecule has 0 spiro atoms. The Morgan fingerprint density at radius 2 is 2.20 bits per heavy atom. The van der Waals surface area contributed by atoms with Crippen molar-refractivity contribution < 1.29 is 4.79 Å². The van der Waals surface area contributed by atoms with E-state index in [0.717, 1.165) is 0 Å². The van der Waals surface area contributed by atoms with Gasteiger partial charge in [-0.05, 0) is 12.8 Å². The molecule has 0 aliphatic heterocycles. The standard InChI is InChI=1S/C10H18N4O/c1-4-10(11,5-2)9(15)13-8-6-12-14(3)7-8/h6-7H,4-5,11H2,1-3H3,(H,13,15). The van der Waals surface area contributed by atoms with E-state index in [1.807, 2.05) is 13.8 Å². The lowest BCUT2D eigenvalue weighted by atomic mass is 9.93. The summed E-state index contributed by atoms with van der Waals surface area (Å²) >= 11 is 0. The number of aromatic nitrogens is 2. The highest BCUT2D eigenvalue weighted by Crippen LogP contribution is 2.14. The molecule has 5 heteroatoms. The van der Waals surface area contributed by atoms with Crippen LogP contribution in [0.2, 0.25) is 0 Å². The molecule has 0 aliphatic rings. The van der Waals surface area contributed by atoms with Gasteiger partial charge in [0, 0.05) is 13.2 Å². The highest BCUT2D eigenvalue weighted by atomic mass is 16.2. The topological polar surface area (TPSA) is 72.9 Å². The SMILES string of the molecule is CCC(N)(CC)C(=O)Nc1cnn(C)c1. The lowest BCUT2D eigenvalue weighted by Crippen LogP contribution is -2.50. The van der Waals surface area contributed by atoms with E-state index in [1.165, 1.54) is 0 Å². The van der Waals surface area contributed by atoms with Gasteiger partial charge in [-0.3, -0.25) is 9.48 Å². The second kappa shape index (κ2) is 4.44. The normalized spacial score (nSPS) is 11.5. The number of hydrogen-bond acceptors (Lipinski definition) is 3. The summed E-state index contributed by atoms with van der Waals surface area (Å²) in [7, 11) is 1.80. The molecule has 0 radical (unpaired) electrons. The van der Waals surface area contributed by atoms with Crippen molar-refractivity contribution in [3.8, 4) is 0 Å². The molecular weight excluding hydrogens is 192 g/mol. The fourth-order valence-electron chi connectivity index (χ4n) is 1.31. The lowest BCUT2D eigenvalue weighted by Gasteiger charge is -2.24. The van der Waals surface area contributed by atoms with E-state index >= 15 is 0 Å². The summed E-state index contributed by atoms with van der Waals surface area (Å²) in [4.78, 5) is 11.8. The third kappa shape index (κ3) is 2.56. The van der Waals surface area contributed by atoms with Crippen LogP contribution < -0.4 is 11.1 Å². The smallest absolute Gasteiger partial charge is 0.244 e. The van der Waals surface area contributed by atoms with Crippen molar-refractivity contribution in [2.45, 2.75) is 32.2 Å². The Balaban J connectivity index is 2.70. The highest BCUT2D eigenvalue weighted by Gasteiger charge is 2.29. The summed E-state index contributed by atoms with van der Waals surface area (Å²) in [6.07, 6.45) is 4.58. The molecule has 0 aliphatic carbocycles. The first-order valence-corrected chi connectivity index (χ1v) is 5.11. The van der Waals surface area contributed by atoms with Crippen molar-refractivity contribution in [2.24, 2.45) is 12.8 Å². The van der Waals surface area contributed by atoms with E-state index < -0.39 is 5.54 Å². The number of carbonyl (C=O) groups is 1. The maximum atomic E-state index is 11.8. The molecule has 5 nitrogen and oxygen atoms in total. The van der Waals surface area contributed by atoms with Gasteiger partial charge in [0.25, 0.3) is 0 Å². The first kappa shape index (κ1) is 11.7. The van der Waals surface area contributed by atoms with Crippen LogP contribution in [0.1, 0.15) is 26.7 Å². The van der Waals surface area contributed by atoms with E-state index in [1.54, 1.807) is 24.1 Å². The quantitative estimate of drug-likeness (QED) is 0.774. The fraction of sp³-hybridized carbons (Fsp3) is 0.600. The van der Waals surface area contributed by atoms with Crippen LogP contribution in [-0.4, -0.2) is 21.2 Å². The maximum absolute atomic E-state index is 11.8. The van der Waals surface area contributed by atoms with Crippen LogP contribution in [0, 0.1) is 0 Å². The van der Waals surface area contributed by atoms with Gasteiger partial charge in [0.1, 0.15) is 0 Å². The highest BCUT2D eigenvalue weighted by molar-refractivity contribution is 5.97. The number of nitrogens with zero attached hydrogens (tertiary/aromatic N) is 2. The molecule has 3 N–H and O–H groups in total. The number of nitrogens with two attached hydrogens (primary N) is 1. The Morgan fingerprint density at radius 1 is 1.60 bits per heavy atom. The molecule has 0 bridgehead atoms. The second-order valence-corrected chi connectivity index (χ2v) is 3.72. The van der Waals surface area contributed by atoms with Crippen LogP contribution in [0.15, 0.2) is 12.4 Å². The molecule has 0 aromatic carbocycles. The predicted molar refractivity (Wildman–Crippen MR) is 59.3 cm³/mol. The van der Waals surface area contributed by atoms with Gasteiger partial charge in [-0.1, -0.05) is 13.8 Å². The van der Waals surface area contributed by atoms with E-state index in [2.05, 4.69) is 10.4 Å². The molecule has 84 valence electrons. The number of amides is 1. The lowest BCUT2D eigenvalue weighted by molar-refractivity contribution is -0.121. The zero-order valence-corrected chi connectivity index (χ0v) is 9.45. The molecule has 0 atom stereocenters. The predicted octanol–water partition coefficient (Wildman–Crippen LogP) is 0.876. The number of carbonyl (C=O) groups excluding carboxylic acids is 1. The summed E-state index contributed by atoms with van der Waals surface area (Å²) in [5.41, 5.74) is 5.85. The minimum atomic E-state index is -0.782. The number of aryl methyl sites for hydroxylation is 1. The van der Waals surface area contributed by atoms with E-state index in [4.69, 9.17) is 5.73 Å². The summed E-state index contributed by atoms with van der Waals surface area (Å²) in [6.45, 7) is 3.82. The van der Waals surface area contributed by atoms with Gasteiger partial charge in [0.15, 0.2) is 0 Å². The Kier molecular flexibility index (Phi) is 3.47. The van der Waals surface area contributed by atoms with Crippen LogP contribution in [0.4, 0.5) is 5.69 Å². The third-order valence-electron chi connectivity index (χ3n) is 2.68.